The average molecular weight is 359 g/mol. The second-order valence-corrected chi connectivity index (χ2v) is 7.31. The Morgan fingerprint density at radius 3 is 2.20 bits per heavy atom. The largest absolute Gasteiger partial charge is 0.281 e. The van der Waals surface area contributed by atoms with Gasteiger partial charge >= 0.3 is 0 Å². The second-order valence-electron chi connectivity index (χ2n) is 5.75. The first-order chi connectivity index (χ1) is 12.4. The van der Waals surface area contributed by atoms with Crippen LogP contribution < -0.4 is 0 Å². The summed E-state index contributed by atoms with van der Waals surface area (Å²) in [5, 5.41) is 17.5. The molecule has 4 heterocycles. The van der Waals surface area contributed by atoms with Gasteiger partial charge in [-0.05, 0) is 56.4 Å². The van der Waals surface area contributed by atoms with Crippen LogP contribution in [0.2, 0.25) is 0 Å². The van der Waals surface area contributed by atoms with Gasteiger partial charge in [0.15, 0.2) is 11.5 Å². The van der Waals surface area contributed by atoms with Crippen LogP contribution in [0.15, 0.2) is 76.2 Å². The Morgan fingerprint density at radius 2 is 1.48 bits per heavy atom. The molecule has 0 unspecified atom stereocenters. The fourth-order valence-electron chi connectivity index (χ4n) is 2.99. The van der Waals surface area contributed by atoms with E-state index >= 15 is 0 Å². The molecule has 0 atom stereocenters. The van der Waals surface area contributed by atoms with Crippen molar-refractivity contribution in [1.29, 1.82) is 0 Å². The van der Waals surface area contributed by atoms with Crippen LogP contribution in [0.4, 0.5) is 0 Å². The number of hydrogen-bond donors (Lipinski definition) is 0. The van der Waals surface area contributed by atoms with Crippen LogP contribution in [-0.2, 0) is 0 Å². The molecule has 0 bridgehead atoms. The molecule has 0 spiro atoms. The van der Waals surface area contributed by atoms with Crippen molar-refractivity contribution in [3.05, 3.63) is 76.2 Å². The van der Waals surface area contributed by atoms with E-state index in [-0.39, 0.29) is 0 Å². The summed E-state index contributed by atoms with van der Waals surface area (Å²) >= 11 is 3.40. The minimum atomic E-state index is 0.865. The predicted molar refractivity (Wildman–Crippen MR) is 105 cm³/mol. The number of pyridine rings is 1. The van der Waals surface area contributed by atoms with E-state index in [1.165, 1.54) is 16.7 Å². The molecular formula is C20H13N3S2. The van der Waals surface area contributed by atoms with E-state index in [2.05, 4.69) is 72.6 Å². The summed E-state index contributed by atoms with van der Waals surface area (Å²) in [6, 6.07) is 16.7. The molecule has 4 aromatic heterocycles. The van der Waals surface area contributed by atoms with E-state index in [4.69, 9.17) is 0 Å². The minimum Gasteiger partial charge on any atom is -0.281 e. The summed E-state index contributed by atoms with van der Waals surface area (Å²) in [7, 11) is 0. The Kier molecular flexibility index (Phi) is 3.47. The van der Waals surface area contributed by atoms with Crippen molar-refractivity contribution < 1.29 is 0 Å². The molecule has 0 saturated carbocycles. The fourth-order valence-corrected chi connectivity index (χ4v) is 4.32. The molecule has 5 aromatic rings. The summed E-state index contributed by atoms with van der Waals surface area (Å²) in [5.74, 6) is 0.865. The molecule has 0 fully saturated rings. The third-order valence-corrected chi connectivity index (χ3v) is 5.59. The van der Waals surface area contributed by atoms with Gasteiger partial charge in [0.05, 0.1) is 0 Å². The smallest absolute Gasteiger partial charge is 0.169 e. The van der Waals surface area contributed by atoms with Crippen molar-refractivity contribution in [3.8, 4) is 33.6 Å². The molecule has 0 amide bonds. The zero-order chi connectivity index (χ0) is 16.6. The summed E-state index contributed by atoms with van der Waals surface area (Å²) in [6.45, 7) is 0. The van der Waals surface area contributed by atoms with Crippen LogP contribution in [-0.4, -0.2) is 14.6 Å². The maximum atomic E-state index is 4.49. The zero-order valence-corrected chi connectivity index (χ0v) is 14.8. The highest BCUT2D eigenvalue weighted by Crippen LogP contribution is 2.33. The minimum absolute atomic E-state index is 0.865. The Bertz CT molecular complexity index is 1120. The molecule has 0 saturated heterocycles. The van der Waals surface area contributed by atoms with E-state index in [0.717, 1.165) is 22.6 Å². The Balaban J connectivity index is 1.83. The average Bonchev–Trinajstić information content (AvgIpc) is 3.42. The topological polar surface area (TPSA) is 30.2 Å². The fraction of sp³-hybridized carbons (Fsp3) is 0. The van der Waals surface area contributed by atoms with E-state index in [0.29, 0.717) is 0 Å². The predicted octanol–water partition coefficient (Wildman–Crippen LogP) is 5.85. The highest BCUT2D eigenvalue weighted by atomic mass is 32.1. The van der Waals surface area contributed by atoms with Crippen molar-refractivity contribution in [2.24, 2.45) is 0 Å². The Morgan fingerprint density at radius 1 is 0.720 bits per heavy atom. The lowest BCUT2D eigenvalue weighted by atomic mass is 10.1. The quantitative estimate of drug-likeness (QED) is 0.404. The summed E-state index contributed by atoms with van der Waals surface area (Å²) in [4.78, 5) is 0. The molecule has 0 aliphatic heterocycles. The standard InChI is InChI=1S/C20H13N3S2/c1-2-4-14(5-3-1)19-21-22-20-18(16-7-9-25-13-16)10-17(11-23(19)20)15-6-8-24-12-15/h1-13H. The van der Waals surface area contributed by atoms with E-state index in [1.807, 2.05) is 18.2 Å². The van der Waals surface area contributed by atoms with Gasteiger partial charge in [-0.1, -0.05) is 30.3 Å². The van der Waals surface area contributed by atoms with Crippen LogP contribution in [0, 0.1) is 0 Å². The van der Waals surface area contributed by atoms with E-state index < -0.39 is 0 Å². The number of aromatic nitrogens is 3. The van der Waals surface area contributed by atoms with Gasteiger partial charge in [-0.25, -0.2) is 0 Å². The number of fused-ring (bicyclic) bond motifs is 1. The highest BCUT2D eigenvalue weighted by Gasteiger charge is 2.15. The van der Waals surface area contributed by atoms with E-state index in [1.54, 1.807) is 22.7 Å². The van der Waals surface area contributed by atoms with Gasteiger partial charge in [0.25, 0.3) is 0 Å². The summed E-state index contributed by atoms with van der Waals surface area (Å²) < 4.78 is 2.11. The SMILES string of the molecule is c1ccc(-c2nnc3c(-c4ccsc4)cc(-c4ccsc4)cn23)cc1. The Hall–Kier alpha value is -2.76. The van der Waals surface area contributed by atoms with Crippen LogP contribution in [0.5, 0.6) is 0 Å². The molecule has 120 valence electrons. The third kappa shape index (κ3) is 2.49. The molecule has 0 N–H and O–H groups in total. The second kappa shape index (κ2) is 5.95. The lowest BCUT2D eigenvalue weighted by Crippen LogP contribution is -1.93. The van der Waals surface area contributed by atoms with Crippen molar-refractivity contribution in [1.82, 2.24) is 14.6 Å². The summed E-state index contributed by atoms with van der Waals surface area (Å²) in [5.41, 5.74) is 6.63. The number of nitrogens with zero attached hydrogens (tertiary/aromatic N) is 3. The van der Waals surface area contributed by atoms with Crippen LogP contribution in [0.25, 0.3) is 39.3 Å². The maximum Gasteiger partial charge on any atom is 0.169 e. The molecule has 25 heavy (non-hydrogen) atoms. The van der Waals surface area contributed by atoms with Crippen molar-refractivity contribution >= 4 is 28.3 Å². The maximum absolute atomic E-state index is 4.49. The number of rotatable bonds is 3. The van der Waals surface area contributed by atoms with Crippen LogP contribution >= 0.6 is 22.7 Å². The Labute approximate surface area is 152 Å². The van der Waals surface area contributed by atoms with Crippen molar-refractivity contribution in [2.75, 3.05) is 0 Å². The van der Waals surface area contributed by atoms with Gasteiger partial charge in [-0.3, -0.25) is 4.40 Å². The van der Waals surface area contributed by atoms with Gasteiger partial charge < -0.3 is 0 Å². The first-order valence-corrected chi connectivity index (χ1v) is 9.78. The summed E-state index contributed by atoms with van der Waals surface area (Å²) in [6.07, 6.45) is 2.13. The van der Waals surface area contributed by atoms with Crippen molar-refractivity contribution in [2.45, 2.75) is 0 Å². The molecule has 3 nitrogen and oxygen atoms in total. The highest BCUT2D eigenvalue weighted by molar-refractivity contribution is 7.08. The number of benzene rings is 1. The van der Waals surface area contributed by atoms with Crippen molar-refractivity contribution in [3.63, 3.8) is 0 Å². The molecule has 0 aliphatic rings. The van der Waals surface area contributed by atoms with Gasteiger partial charge in [-0.2, -0.15) is 22.7 Å². The molecule has 0 aliphatic carbocycles. The van der Waals surface area contributed by atoms with Gasteiger partial charge in [0.2, 0.25) is 0 Å². The first-order valence-electron chi connectivity index (χ1n) is 7.89. The normalized spacial score (nSPS) is 11.2. The van der Waals surface area contributed by atoms with E-state index in [9.17, 15) is 0 Å². The molecule has 5 heteroatoms. The lowest BCUT2D eigenvalue weighted by Gasteiger charge is -2.08. The molecule has 1 aromatic carbocycles. The molecule has 5 rings (SSSR count). The molecule has 0 radical (unpaired) electrons. The zero-order valence-electron chi connectivity index (χ0n) is 13.2. The number of thiophene rings is 2. The number of hydrogen-bond acceptors (Lipinski definition) is 4. The van der Waals surface area contributed by atoms with Gasteiger partial charge in [-0.15, -0.1) is 10.2 Å². The lowest BCUT2D eigenvalue weighted by molar-refractivity contribution is 1.11. The monoisotopic (exact) mass is 359 g/mol. The van der Waals surface area contributed by atoms with Crippen LogP contribution in [0.3, 0.4) is 0 Å². The van der Waals surface area contributed by atoms with Gasteiger partial charge in [0.1, 0.15) is 0 Å². The van der Waals surface area contributed by atoms with Crippen LogP contribution in [0.1, 0.15) is 0 Å². The first kappa shape index (κ1) is 14.6. The van der Waals surface area contributed by atoms with Gasteiger partial charge in [0, 0.05) is 17.3 Å². The molecular weight excluding hydrogens is 346 g/mol. The third-order valence-electron chi connectivity index (χ3n) is 4.22.